The van der Waals surface area contributed by atoms with E-state index < -0.39 is 12.2 Å². The smallest absolute Gasteiger partial charge is 0.408 e. The molecule has 298 valence electrons. The number of aromatic amines is 1. The van der Waals surface area contributed by atoms with Gasteiger partial charge in [0.2, 0.25) is 5.56 Å². The molecule has 4 heterocycles. The van der Waals surface area contributed by atoms with E-state index >= 15 is 0 Å². The maximum absolute atomic E-state index is 13.2. The molecule has 4 aliphatic rings. The molecule has 4 fully saturated rings. The zero-order chi connectivity index (χ0) is 38.9. The van der Waals surface area contributed by atoms with E-state index in [4.69, 9.17) is 14.2 Å². The number of nitrogens with zero attached hydrogens (tertiary/aromatic N) is 1. The molecule has 2 bridgehead atoms. The SMILES string of the molecule is O=C(NC(c1ccccc1)c1cccc(OCC2CCC(C(=O)OCCCCNC[C@H](O)c3ccc(O)c4[nH]c(=O)ccc34)CC2)c1)O[C@H]1CN2CCC1CC2. The molecule has 0 radical (unpaired) electrons. The third kappa shape index (κ3) is 10.1. The summed E-state index contributed by atoms with van der Waals surface area (Å²) in [6, 6.07) is 23.5. The number of piperidine rings is 3. The third-order valence-corrected chi connectivity index (χ3v) is 11.7. The number of rotatable bonds is 16. The molecule has 3 aromatic carbocycles. The van der Waals surface area contributed by atoms with Crippen LogP contribution in [-0.2, 0) is 14.3 Å². The van der Waals surface area contributed by atoms with Crippen LogP contribution in [0.2, 0.25) is 0 Å². The average molecular weight is 767 g/mol. The van der Waals surface area contributed by atoms with Crippen LogP contribution >= 0.6 is 0 Å². The zero-order valence-corrected chi connectivity index (χ0v) is 31.9. The molecule has 56 heavy (non-hydrogen) atoms. The topological polar surface area (TPSA) is 162 Å². The Morgan fingerprint density at radius 3 is 2.45 bits per heavy atom. The highest BCUT2D eigenvalue weighted by Crippen LogP contribution is 2.33. The van der Waals surface area contributed by atoms with E-state index in [1.54, 1.807) is 12.1 Å². The minimum Gasteiger partial charge on any atom is -0.506 e. The molecule has 1 aliphatic carbocycles. The number of H-pyrrole nitrogens is 1. The number of aromatic hydroxyl groups is 1. The Morgan fingerprint density at radius 1 is 0.893 bits per heavy atom. The van der Waals surface area contributed by atoms with Crippen LogP contribution in [0.25, 0.3) is 10.9 Å². The normalized spacial score (nSPS) is 22.9. The first-order valence-electron chi connectivity index (χ1n) is 20.2. The van der Waals surface area contributed by atoms with E-state index in [-0.39, 0.29) is 35.3 Å². The van der Waals surface area contributed by atoms with Crippen molar-refractivity contribution in [3.05, 3.63) is 106 Å². The summed E-state index contributed by atoms with van der Waals surface area (Å²) in [5.74, 6) is 1.24. The van der Waals surface area contributed by atoms with Crippen molar-refractivity contribution in [2.24, 2.45) is 17.8 Å². The van der Waals surface area contributed by atoms with Crippen molar-refractivity contribution in [2.75, 3.05) is 45.9 Å². The summed E-state index contributed by atoms with van der Waals surface area (Å²) in [5.41, 5.74) is 2.49. The minimum absolute atomic E-state index is 0.0430. The highest BCUT2D eigenvalue weighted by molar-refractivity contribution is 5.87. The van der Waals surface area contributed by atoms with Crippen LogP contribution in [0.1, 0.15) is 80.2 Å². The van der Waals surface area contributed by atoms with Crippen LogP contribution in [0.15, 0.2) is 83.7 Å². The van der Waals surface area contributed by atoms with Gasteiger partial charge in [0.15, 0.2) is 0 Å². The number of fused-ring (bicyclic) bond motifs is 4. The number of benzene rings is 3. The molecule has 0 spiro atoms. The van der Waals surface area contributed by atoms with Crippen LogP contribution in [0.4, 0.5) is 4.79 Å². The number of aromatic nitrogens is 1. The number of alkyl carbamates (subject to hydrolysis) is 1. The van der Waals surface area contributed by atoms with Gasteiger partial charge in [-0.15, -0.1) is 0 Å². The maximum Gasteiger partial charge on any atom is 0.408 e. The van der Waals surface area contributed by atoms with Crippen molar-refractivity contribution in [1.29, 1.82) is 0 Å². The Kier molecular flexibility index (Phi) is 13.2. The van der Waals surface area contributed by atoms with Crippen LogP contribution in [0.3, 0.4) is 0 Å². The molecular formula is C44H54N4O8. The first kappa shape index (κ1) is 39.3. The van der Waals surface area contributed by atoms with Gasteiger partial charge in [-0.05, 0) is 124 Å². The van der Waals surface area contributed by atoms with Gasteiger partial charge in [0.25, 0.3) is 0 Å². The van der Waals surface area contributed by atoms with Gasteiger partial charge in [0.1, 0.15) is 17.6 Å². The molecule has 4 aromatic rings. The Labute approximate surface area is 327 Å². The van der Waals surface area contributed by atoms with Crippen LogP contribution in [0.5, 0.6) is 11.5 Å². The number of esters is 1. The second-order valence-corrected chi connectivity index (χ2v) is 15.6. The quantitative estimate of drug-likeness (QED) is 0.0678. The highest BCUT2D eigenvalue weighted by Gasteiger charge is 2.37. The molecule has 1 amide bonds. The molecule has 12 nitrogen and oxygen atoms in total. The van der Waals surface area contributed by atoms with E-state index in [0.29, 0.717) is 61.0 Å². The molecule has 1 unspecified atom stereocenters. The van der Waals surface area contributed by atoms with E-state index in [0.717, 1.165) is 81.5 Å². The van der Waals surface area contributed by atoms with Crippen molar-refractivity contribution < 1.29 is 34.0 Å². The fraction of sp³-hybridized carbons (Fsp3) is 0.477. The predicted octanol–water partition coefficient (Wildman–Crippen LogP) is 5.98. The Bertz CT molecular complexity index is 1970. The fourth-order valence-corrected chi connectivity index (χ4v) is 8.44. The second-order valence-electron chi connectivity index (χ2n) is 15.6. The monoisotopic (exact) mass is 766 g/mol. The molecule has 1 aromatic heterocycles. The van der Waals surface area contributed by atoms with Crippen LogP contribution < -0.4 is 20.9 Å². The predicted molar refractivity (Wildman–Crippen MR) is 212 cm³/mol. The molecule has 8 rings (SSSR count). The van der Waals surface area contributed by atoms with Gasteiger partial charge < -0.3 is 40.0 Å². The van der Waals surface area contributed by atoms with Crippen molar-refractivity contribution in [3.63, 3.8) is 0 Å². The minimum atomic E-state index is -0.821. The third-order valence-electron chi connectivity index (χ3n) is 11.7. The number of pyridine rings is 1. The summed E-state index contributed by atoms with van der Waals surface area (Å²) < 4.78 is 17.9. The van der Waals surface area contributed by atoms with Gasteiger partial charge in [-0.25, -0.2) is 4.79 Å². The lowest BCUT2D eigenvalue weighted by molar-refractivity contribution is -0.150. The van der Waals surface area contributed by atoms with E-state index in [2.05, 4.69) is 20.5 Å². The number of ether oxygens (including phenoxy) is 3. The Hall–Kier alpha value is -4.91. The molecule has 3 atom stereocenters. The summed E-state index contributed by atoms with van der Waals surface area (Å²) in [6.07, 6.45) is 5.67. The standard InChI is InChI=1S/C44H54N4O8/c49-37-17-15-35(36-16-18-40(51)46-42(36)37)38(50)26-45-21-4-5-24-54-43(52)32-13-11-29(12-14-32)28-55-34-10-6-9-33(25-34)41(31-7-2-1-3-8-31)47-44(53)56-39-27-48-22-19-30(39)20-23-48/h1-3,6-10,15-18,25,29-30,32,38-39,41,45,49-50H,4-5,11-14,19-24,26-28H2,(H,46,51)(H,47,53)/t29?,32?,38-,39-,41?/m0/s1. The Morgan fingerprint density at radius 2 is 1.68 bits per heavy atom. The molecular weight excluding hydrogens is 713 g/mol. The highest BCUT2D eigenvalue weighted by atomic mass is 16.6. The summed E-state index contributed by atoms with van der Waals surface area (Å²) in [7, 11) is 0. The van der Waals surface area contributed by atoms with Gasteiger partial charge >= 0.3 is 12.1 Å². The summed E-state index contributed by atoms with van der Waals surface area (Å²) in [5, 5.41) is 27.8. The number of aliphatic hydroxyl groups is 1. The summed E-state index contributed by atoms with van der Waals surface area (Å²) in [6.45, 7) is 4.85. The van der Waals surface area contributed by atoms with Crippen molar-refractivity contribution in [1.82, 2.24) is 20.5 Å². The number of unbranched alkanes of at least 4 members (excludes halogenated alkanes) is 1. The summed E-state index contributed by atoms with van der Waals surface area (Å²) >= 11 is 0. The second kappa shape index (κ2) is 18.8. The van der Waals surface area contributed by atoms with E-state index in [9.17, 15) is 24.6 Å². The van der Waals surface area contributed by atoms with Gasteiger partial charge in [0.05, 0.1) is 36.8 Å². The lowest BCUT2D eigenvalue weighted by Gasteiger charge is -2.43. The van der Waals surface area contributed by atoms with E-state index in [1.807, 2.05) is 54.6 Å². The molecule has 3 saturated heterocycles. The lowest BCUT2D eigenvalue weighted by Crippen LogP contribution is -2.52. The van der Waals surface area contributed by atoms with Crippen LogP contribution in [-0.4, -0.2) is 84.2 Å². The largest absolute Gasteiger partial charge is 0.506 e. The number of nitrogens with one attached hydrogen (secondary N) is 3. The van der Waals surface area contributed by atoms with E-state index in [1.165, 1.54) is 12.1 Å². The zero-order valence-electron chi connectivity index (χ0n) is 31.9. The Balaban J connectivity index is 0.803. The number of amides is 1. The number of carbonyl (C=O) groups excluding carboxylic acids is 2. The molecule has 12 heteroatoms. The first-order chi connectivity index (χ1) is 27.3. The van der Waals surface area contributed by atoms with Gasteiger partial charge in [-0.1, -0.05) is 48.5 Å². The first-order valence-corrected chi connectivity index (χ1v) is 20.2. The molecule has 1 saturated carbocycles. The molecule has 5 N–H and O–H groups in total. The molecule has 3 aliphatic heterocycles. The number of phenols is 1. The number of hydrogen-bond acceptors (Lipinski definition) is 10. The van der Waals surface area contributed by atoms with Gasteiger partial charge in [-0.2, -0.15) is 0 Å². The average Bonchev–Trinajstić information content (AvgIpc) is 3.23. The van der Waals surface area contributed by atoms with Gasteiger partial charge in [-0.3, -0.25) is 14.5 Å². The van der Waals surface area contributed by atoms with Crippen molar-refractivity contribution in [2.45, 2.75) is 69.6 Å². The number of aliphatic hydroxyl groups excluding tert-OH is 1. The summed E-state index contributed by atoms with van der Waals surface area (Å²) in [4.78, 5) is 42.7. The number of carbonyl (C=O) groups is 2. The number of phenolic OH excluding ortho intramolecular Hbond substituents is 1. The lowest BCUT2D eigenvalue weighted by atomic mass is 9.82. The number of hydrogen-bond donors (Lipinski definition) is 5. The van der Waals surface area contributed by atoms with Crippen molar-refractivity contribution in [3.8, 4) is 11.5 Å². The van der Waals surface area contributed by atoms with Gasteiger partial charge in [0, 0.05) is 24.5 Å². The van der Waals surface area contributed by atoms with Crippen molar-refractivity contribution >= 4 is 23.0 Å². The maximum atomic E-state index is 13.2. The van der Waals surface area contributed by atoms with Crippen LogP contribution in [0, 0.1) is 17.8 Å². The fourth-order valence-electron chi connectivity index (χ4n) is 8.44.